The molecule has 2 aromatic heterocycles. The van der Waals surface area contributed by atoms with Gasteiger partial charge in [0.2, 0.25) is 0 Å². The van der Waals surface area contributed by atoms with Gasteiger partial charge in [-0.25, -0.2) is 4.98 Å². The second-order valence-electron chi connectivity index (χ2n) is 17.3. The summed E-state index contributed by atoms with van der Waals surface area (Å²) >= 11 is 1.97. The van der Waals surface area contributed by atoms with Crippen LogP contribution in [0.25, 0.3) is 83.4 Å². The number of aryl methyl sites for hydroxylation is 1. The topological polar surface area (TPSA) is 54.7 Å². The Morgan fingerprint density at radius 3 is 2.44 bits per heavy atom. The first-order valence-electron chi connectivity index (χ1n) is 21.9. The Labute approximate surface area is 370 Å². The Hall–Kier alpha value is -7.21. The van der Waals surface area contributed by atoms with Crippen molar-refractivity contribution in [2.45, 2.75) is 41.7 Å². The number of hydrogen-bond donors (Lipinski definition) is 1. The maximum absolute atomic E-state index is 6.81. The summed E-state index contributed by atoms with van der Waals surface area (Å²) in [5, 5.41) is 10.9. The third-order valence-corrected chi connectivity index (χ3v) is 14.8. The summed E-state index contributed by atoms with van der Waals surface area (Å²) in [6.07, 6.45) is 17.8. The van der Waals surface area contributed by atoms with Gasteiger partial charge in [0.25, 0.3) is 0 Å². The van der Waals surface area contributed by atoms with Crippen molar-refractivity contribution >= 4 is 39.3 Å². The predicted octanol–water partition coefficient (Wildman–Crippen LogP) is 15.1. The van der Waals surface area contributed by atoms with Crippen LogP contribution in [-0.4, -0.2) is 20.4 Å². The Bertz CT molecular complexity index is 3470. The molecule has 7 aromatic carbocycles. The molecule has 3 aliphatic carbocycles. The largest absolute Gasteiger partial charge is 0.455 e. The molecule has 9 aromatic rings. The fraction of sp³-hybridized carbons (Fsp3) is 0.103. The van der Waals surface area contributed by atoms with Gasteiger partial charge in [-0.1, -0.05) is 146 Å². The average Bonchev–Trinajstić information content (AvgIpc) is 4.14. The number of allylic oxidation sites excluding steroid dienone is 7. The average molecular weight is 828 g/mol. The zero-order valence-corrected chi connectivity index (χ0v) is 35.5. The van der Waals surface area contributed by atoms with E-state index in [2.05, 4.69) is 188 Å². The number of nitrogens with one attached hydrogen (secondary N) is 1. The standard InChI is InChI=1S/C58H41N3OS/c1-34-12-9-22-51-54(34)50-32-43(31-49(56(50)62-51)39-24-25-47-46-21-7-8-23-52(46)63-53(47)33-39)42-29-44-28-37-15-5-6-20-45(37)55(44)48(30-42)38-17-11-19-41(27-38)58-59-57(60-61-58)40-18-10-16-36(26-40)35-13-3-2-4-14-35/h2-18,20-27,29-33,41,46,52H,19,28H2,1H3,(H,59,60,61). The molecule has 0 amide bonds. The number of aromatic nitrogens is 3. The summed E-state index contributed by atoms with van der Waals surface area (Å²) in [5.74, 6) is 2.06. The molecule has 4 aliphatic rings. The fourth-order valence-corrected chi connectivity index (χ4v) is 11.8. The molecular formula is C58H41N3OS. The SMILES string of the molecule is Cc1cccc2oc3c(-c4ccc5c(c4)SC4C=CC=CC54)cc(-c4cc5c(c(C6=CC(c7nc(-c8cccc(-c9ccccc9)c8)n[nH]7)CC=C6)c4)-c4ccccc4C5)cc3c12. The summed E-state index contributed by atoms with van der Waals surface area (Å²) in [6.45, 7) is 2.20. The van der Waals surface area contributed by atoms with Crippen molar-refractivity contribution in [2.75, 3.05) is 0 Å². The highest BCUT2D eigenvalue weighted by molar-refractivity contribution is 8.00. The van der Waals surface area contributed by atoms with Gasteiger partial charge in [0.15, 0.2) is 5.82 Å². The lowest BCUT2D eigenvalue weighted by molar-refractivity contribution is 0.670. The van der Waals surface area contributed by atoms with E-state index in [-0.39, 0.29) is 5.92 Å². The molecule has 300 valence electrons. The number of furan rings is 1. The van der Waals surface area contributed by atoms with Crippen LogP contribution in [0.3, 0.4) is 0 Å². The number of fused-ring (bicyclic) bond motifs is 9. The molecular weight excluding hydrogens is 787 g/mol. The zero-order chi connectivity index (χ0) is 41.6. The lowest BCUT2D eigenvalue weighted by atomic mass is 9.85. The van der Waals surface area contributed by atoms with Crippen LogP contribution in [0.5, 0.6) is 0 Å². The van der Waals surface area contributed by atoms with Gasteiger partial charge in [0.05, 0.1) is 0 Å². The molecule has 0 bridgehead atoms. The van der Waals surface area contributed by atoms with Crippen LogP contribution in [0.15, 0.2) is 191 Å². The lowest BCUT2D eigenvalue weighted by Gasteiger charge is -2.19. The highest BCUT2D eigenvalue weighted by Crippen LogP contribution is 2.51. The fourth-order valence-electron chi connectivity index (χ4n) is 10.5. The van der Waals surface area contributed by atoms with E-state index in [0.717, 1.165) is 51.9 Å². The van der Waals surface area contributed by atoms with Crippen LogP contribution in [-0.2, 0) is 6.42 Å². The monoisotopic (exact) mass is 827 g/mol. The number of nitrogens with zero attached hydrogens (tertiary/aromatic N) is 2. The molecule has 5 heteroatoms. The predicted molar refractivity (Wildman–Crippen MR) is 260 cm³/mol. The number of H-pyrrole nitrogens is 1. The molecule has 3 heterocycles. The summed E-state index contributed by atoms with van der Waals surface area (Å²) in [7, 11) is 0. The van der Waals surface area contributed by atoms with Crippen LogP contribution < -0.4 is 0 Å². The Kier molecular flexibility index (Phi) is 8.35. The first-order chi connectivity index (χ1) is 31.1. The van der Waals surface area contributed by atoms with Gasteiger partial charge >= 0.3 is 0 Å². The summed E-state index contributed by atoms with van der Waals surface area (Å²) in [5.41, 5.74) is 20.3. The Morgan fingerprint density at radius 2 is 1.49 bits per heavy atom. The van der Waals surface area contributed by atoms with Gasteiger partial charge < -0.3 is 4.42 Å². The Balaban J connectivity index is 0.941. The van der Waals surface area contributed by atoms with Crippen molar-refractivity contribution in [3.05, 3.63) is 216 Å². The van der Waals surface area contributed by atoms with Crippen molar-refractivity contribution in [3.8, 4) is 55.9 Å². The maximum Gasteiger partial charge on any atom is 0.181 e. The van der Waals surface area contributed by atoms with Gasteiger partial charge in [0.1, 0.15) is 17.0 Å². The van der Waals surface area contributed by atoms with Crippen LogP contribution in [0.4, 0.5) is 0 Å². The van der Waals surface area contributed by atoms with Crippen LogP contribution in [0.1, 0.15) is 51.9 Å². The minimum atomic E-state index is 0.0511. The van der Waals surface area contributed by atoms with E-state index in [4.69, 9.17) is 14.5 Å². The summed E-state index contributed by atoms with van der Waals surface area (Å²) < 4.78 is 6.81. The quantitative estimate of drug-likeness (QED) is 0.181. The number of thioether (sulfide) groups is 1. The van der Waals surface area contributed by atoms with E-state index < -0.39 is 0 Å². The van der Waals surface area contributed by atoms with Crippen LogP contribution in [0, 0.1) is 6.92 Å². The van der Waals surface area contributed by atoms with Crippen molar-refractivity contribution < 1.29 is 4.42 Å². The van der Waals surface area contributed by atoms with Gasteiger partial charge in [-0.05, 0) is 128 Å². The lowest BCUT2D eigenvalue weighted by Crippen LogP contribution is -2.06. The van der Waals surface area contributed by atoms with Crippen molar-refractivity contribution in [1.82, 2.24) is 15.2 Å². The van der Waals surface area contributed by atoms with Crippen molar-refractivity contribution in [1.29, 1.82) is 0 Å². The van der Waals surface area contributed by atoms with E-state index in [1.165, 1.54) is 77.1 Å². The van der Waals surface area contributed by atoms with Gasteiger partial charge in [-0.3, -0.25) is 5.10 Å². The molecule has 0 spiro atoms. The molecule has 13 rings (SSSR count). The number of aromatic amines is 1. The zero-order valence-electron chi connectivity index (χ0n) is 34.7. The molecule has 3 unspecified atom stereocenters. The minimum absolute atomic E-state index is 0.0511. The van der Waals surface area contributed by atoms with Gasteiger partial charge in [-0.15, -0.1) is 11.8 Å². The molecule has 1 N–H and O–H groups in total. The molecule has 0 fully saturated rings. The third-order valence-electron chi connectivity index (χ3n) is 13.5. The van der Waals surface area contributed by atoms with E-state index in [0.29, 0.717) is 17.0 Å². The second-order valence-corrected chi connectivity index (χ2v) is 18.6. The first-order valence-corrected chi connectivity index (χ1v) is 22.8. The minimum Gasteiger partial charge on any atom is -0.455 e. The molecule has 0 saturated carbocycles. The highest BCUT2D eigenvalue weighted by Gasteiger charge is 2.32. The third kappa shape index (κ3) is 6.06. The summed E-state index contributed by atoms with van der Waals surface area (Å²) in [4.78, 5) is 6.47. The maximum atomic E-state index is 6.81. The van der Waals surface area contributed by atoms with Crippen molar-refractivity contribution in [3.63, 3.8) is 0 Å². The smallest absolute Gasteiger partial charge is 0.181 e. The molecule has 0 saturated heterocycles. The Morgan fingerprint density at radius 1 is 0.667 bits per heavy atom. The van der Waals surface area contributed by atoms with E-state index in [1.54, 1.807) is 0 Å². The van der Waals surface area contributed by atoms with E-state index in [1.807, 2.05) is 17.8 Å². The van der Waals surface area contributed by atoms with Gasteiger partial charge in [0, 0.05) is 43.9 Å². The molecule has 4 nitrogen and oxygen atoms in total. The highest BCUT2D eigenvalue weighted by atomic mass is 32.2. The second kappa shape index (κ2) is 14.4. The van der Waals surface area contributed by atoms with E-state index >= 15 is 0 Å². The van der Waals surface area contributed by atoms with E-state index in [9.17, 15) is 0 Å². The molecule has 63 heavy (non-hydrogen) atoms. The normalized spacial score (nSPS) is 18.1. The molecule has 0 radical (unpaired) electrons. The first kappa shape index (κ1) is 36.4. The van der Waals surface area contributed by atoms with Crippen LogP contribution in [0.2, 0.25) is 0 Å². The van der Waals surface area contributed by atoms with Crippen LogP contribution >= 0.6 is 11.8 Å². The molecule has 3 atom stereocenters. The molecule has 1 aliphatic heterocycles. The number of hydrogen-bond acceptors (Lipinski definition) is 4. The number of benzene rings is 7. The van der Waals surface area contributed by atoms with Crippen molar-refractivity contribution in [2.24, 2.45) is 0 Å². The van der Waals surface area contributed by atoms with Gasteiger partial charge in [-0.2, -0.15) is 5.10 Å². The number of rotatable bonds is 6. The summed E-state index contributed by atoms with van der Waals surface area (Å²) in [6, 6.07) is 51.0.